The molecule has 0 aromatic heterocycles. The second-order valence-corrected chi connectivity index (χ2v) is 9.97. The van der Waals surface area contributed by atoms with Gasteiger partial charge in [0.05, 0.1) is 5.69 Å². The molecule has 0 aliphatic carbocycles. The van der Waals surface area contributed by atoms with E-state index in [9.17, 15) is 22.8 Å². The van der Waals surface area contributed by atoms with Gasteiger partial charge in [-0.3, -0.25) is 14.4 Å². The van der Waals surface area contributed by atoms with Gasteiger partial charge in [-0.15, -0.1) is 0 Å². The van der Waals surface area contributed by atoms with E-state index in [0.29, 0.717) is 22.1 Å². The summed E-state index contributed by atoms with van der Waals surface area (Å²) in [6.07, 6.45) is -0.655. The van der Waals surface area contributed by atoms with Crippen LogP contribution in [0.2, 0.25) is 5.02 Å². The Morgan fingerprint density at radius 2 is 1.84 bits per heavy atom. The predicted molar refractivity (Wildman–Crippen MR) is 118 cm³/mol. The average Bonchev–Trinajstić information content (AvgIpc) is 2.72. The molecule has 0 saturated carbocycles. The fourth-order valence-electron chi connectivity index (χ4n) is 3.10. The van der Waals surface area contributed by atoms with Crippen molar-refractivity contribution >= 4 is 50.4 Å². The monoisotopic (exact) mass is 464 g/mol. The number of benzene rings is 2. The lowest BCUT2D eigenvalue weighted by Gasteiger charge is -2.30. The van der Waals surface area contributed by atoms with Crippen LogP contribution in [-0.2, 0) is 19.4 Å². The molecule has 2 atom stereocenters. The molecule has 2 unspecified atom stereocenters. The first-order chi connectivity index (χ1) is 14.5. The molecule has 1 N–H and O–H groups in total. The van der Waals surface area contributed by atoms with E-state index in [-0.39, 0.29) is 11.5 Å². The van der Waals surface area contributed by atoms with Crippen molar-refractivity contribution in [3.63, 3.8) is 0 Å². The molecular weight excluding hydrogens is 444 g/mol. The van der Waals surface area contributed by atoms with Crippen LogP contribution >= 0.6 is 11.6 Å². The molecule has 164 valence electrons. The molecule has 10 heteroatoms. The van der Waals surface area contributed by atoms with Gasteiger partial charge in [0.2, 0.25) is 5.91 Å². The van der Waals surface area contributed by atoms with E-state index >= 15 is 0 Å². The molecule has 0 radical (unpaired) electrons. The number of hydrogen-bond donors (Lipinski definition) is 1. The van der Waals surface area contributed by atoms with Gasteiger partial charge >= 0.3 is 0 Å². The summed E-state index contributed by atoms with van der Waals surface area (Å²) in [7, 11) is -2.54. The van der Waals surface area contributed by atoms with Crippen LogP contribution in [0.4, 0.5) is 11.4 Å². The molecule has 1 aliphatic rings. The fraction of sp³-hybridized carbons (Fsp3) is 0.286. The largest absolute Gasteiger partial charge is 0.479 e. The molecule has 0 bridgehead atoms. The van der Waals surface area contributed by atoms with Crippen LogP contribution in [0.15, 0.2) is 42.5 Å². The molecule has 8 nitrogen and oxygen atoms in total. The summed E-state index contributed by atoms with van der Waals surface area (Å²) >= 11 is 5.78. The number of rotatable bonds is 6. The molecule has 3 rings (SSSR count). The number of nitrogens with one attached hydrogen (secondary N) is 1. The van der Waals surface area contributed by atoms with Gasteiger partial charge in [-0.2, -0.15) is 0 Å². The van der Waals surface area contributed by atoms with Crippen molar-refractivity contribution in [3.05, 3.63) is 53.1 Å². The van der Waals surface area contributed by atoms with Crippen molar-refractivity contribution < 1.29 is 27.5 Å². The van der Waals surface area contributed by atoms with Crippen molar-refractivity contribution in [1.82, 2.24) is 0 Å². The summed E-state index contributed by atoms with van der Waals surface area (Å²) in [5, 5.41) is 1.49. The van der Waals surface area contributed by atoms with E-state index in [0.717, 1.165) is 0 Å². The highest BCUT2D eigenvalue weighted by molar-refractivity contribution is 7.93. The van der Waals surface area contributed by atoms with Crippen LogP contribution < -0.4 is 15.0 Å². The number of amides is 2. The summed E-state index contributed by atoms with van der Waals surface area (Å²) in [6, 6.07) is 10.6. The summed E-state index contributed by atoms with van der Waals surface area (Å²) in [4.78, 5) is 38.5. The quantitative estimate of drug-likeness (QED) is 0.658. The first kappa shape index (κ1) is 22.8. The minimum atomic E-state index is -4.09. The first-order valence-electron chi connectivity index (χ1n) is 9.39. The van der Waals surface area contributed by atoms with Crippen molar-refractivity contribution in [3.8, 4) is 5.75 Å². The Hall–Kier alpha value is -2.91. The third-order valence-corrected chi connectivity index (χ3v) is 7.16. The lowest BCUT2D eigenvalue weighted by Crippen LogP contribution is -2.42. The average molecular weight is 465 g/mol. The van der Waals surface area contributed by atoms with Crippen molar-refractivity contribution in [1.29, 1.82) is 0 Å². The highest BCUT2D eigenvalue weighted by Gasteiger charge is 2.33. The number of anilines is 2. The Balaban J connectivity index is 1.75. The van der Waals surface area contributed by atoms with Crippen molar-refractivity contribution in [2.24, 2.45) is 0 Å². The SMILES string of the molecule is CC1Oc2ccc(C(=O)C(C)S(=O)(=O)CC(=O)Nc3ccc(Cl)cc3)cc2N(C)C1=O. The molecule has 0 saturated heterocycles. The molecule has 0 spiro atoms. The van der Waals surface area contributed by atoms with Crippen LogP contribution in [0, 0.1) is 0 Å². The second-order valence-electron chi connectivity index (χ2n) is 7.21. The van der Waals surface area contributed by atoms with Gasteiger partial charge in [0.25, 0.3) is 5.91 Å². The van der Waals surface area contributed by atoms with Crippen LogP contribution in [-0.4, -0.2) is 50.2 Å². The zero-order valence-corrected chi connectivity index (χ0v) is 18.7. The van der Waals surface area contributed by atoms with Gasteiger partial charge < -0.3 is 15.0 Å². The van der Waals surface area contributed by atoms with Crippen LogP contribution in [0.3, 0.4) is 0 Å². The number of fused-ring (bicyclic) bond motifs is 1. The number of ether oxygens (including phenoxy) is 1. The maximum atomic E-state index is 12.8. The van der Waals surface area contributed by atoms with E-state index in [1.54, 1.807) is 26.1 Å². The molecule has 2 aromatic rings. The summed E-state index contributed by atoms with van der Waals surface area (Å²) < 4.78 is 30.8. The number of Topliss-reactive ketones (excluding diaryl/α,β-unsaturated/α-hetero) is 1. The van der Waals surface area contributed by atoms with Crippen molar-refractivity contribution in [2.45, 2.75) is 25.2 Å². The predicted octanol–water partition coefficient (Wildman–Crippen LogP) is 2.71. The first-order valence-corrected chi connectivity index (χ1v) is 11.5. The number of nitrogens with zero attached hydrogens (tertiary/aromatic N) is 1. The van der Waals surface area contributed by atoms with E-state index in [2.05, 4.69) is 5.32 Å². The van der Waals surface area contributed by atoms with Gasteiger partial charge in [0.15, 0.2) is 21.7 Å². The Morgan fingerprint density at radius 1 is 1.19 bits per heavy atom. The van der Waals surface area contributed by atoms with E-state index in [1.807, 2.05) is 0 Å². The molecule has 0 fully saturated rings. The number of ketones is 1. The topological polar surface area (TPSA) is 110 Å². The van der Waals surface area contributed by atoms with Crippen LogP contribution in [0.25, 0.3) is 0 Å². The Labute approximate surface area is 185 Å². The van der Waals surface area contributed by atoms with Crippen LogP contribution in [0.5, 0.6) is 5.75 Å². The molecule has 1 aliphatic heterocycles. The van der Waals surface area contributed by atoms with E-state index < -0.39 is 38.6 Å². The van der Waals surface area contributed by atoms with Gasteiger partial charge in [-0.25, -0.2) is 8.42 Å². The number of hydrogen-bond acceptors (Lipinski definition) is 6. The second kappa shape index (κ2) is 8.68. The fourth-order valence-corrected chi connectivity index (χ4v) is 4.38. The lowest BCUT2D eigenvalue weighted by atomic mass is 10.1. The minimum Gasteiger partial charge on any atom is -0.479 e. The zero-order valence-electron chi connectivity index (χ0n) is 17.1. The smallest absolute Gasteiger partial charge is 0.267 e. The lowest BCUT2D eigenvalue weighted by molar-refractivity contribution is -0.125. The number of likely N-dealkylation sites (N-methyl/N-ethyl adjacent to an activating group) is 1. The third-order valence-electron chi connectivity index (χ3n) is 4.96. The summed E-state index contributed by atoms with van der Waals surface area (Å²) in [6.45, 7) is 2.85. The maximum Gasteiger partial charge on any atom is 0.267 e. The standard InChI is InChI=1S/C21H21ClN2O6S/c1-12-21(27)24(3)17-10-14(4-9-18(17)30-12)20(26)13(2)31(28,29)11-19(25)23-16-7-5-15(22)6-8-16/h4-10,12-13H,11H2,1-3H3,(H,23,25). The van der Waals surface area contributed by atoms with Gasteiger partial charge in [-0.05, 0) is 56.3 Å². The molecule has 2 aromatic carbocycles. The van der Waals surface area contributed by atoms with Crippen LogP contribution in [0.1, 0.15) is 24.2 Å². The highest BCUT2D eigenvalue weighted by Crippen LogP contribution is 2.34. The number of sulfone groups is 1. The normalized spacial score (nSPS) is 16.8. The van der Waals surface area contributed by atoms with Crippen molar-refractivity contribution in [2.75, 3.05) is 23.0 Å². The van der Waals surface area contributed by atoms with Gasteiger partial charge in [-0.1, -0.05) is 11.6 Å². The Bertz CT molecular complexity index is 1150. The molecular formula is C21H21ClN2O6S. The molecule has 2 amide bonds. The minimum absolute atomic E-state index is 0.103. The van der Waals surface area contributed by atoms with E-state index in [4.69, 9.17) is 16.3 Å². The van der Waals surface area contributed by atoms with Gasteiger partial charge in [0, 0.05) is 23.3 Å². The molecule has 31 heavy (non-hydrogen) atoms. The Morgan fingerprint density at radius 3 is 2.48 bits per heavy atom. The van der Waals surface area contributed by atoms with E-state index in [1.165, 1.54) is 42.2 Å². The number of carbonyl (C=O) groups excluding carboxylic acids is 3. The highest BCUT2D eigenvalue weighted by atomic mass is 35.5. The third kappa shape index (κ3) is 4.88. The Kier molecular flexibility index (Phi) is 6.38. The molecule has 1 heterocycles. The number of carbonyl (C=O) groups is 3. The number of halogens is 1. The summed E-state index contributed by atoms with van der Waals surface area (Å²) in [5.74, 6) is -2.16. The summed E-state index contributed by atoms with van der Waals surface area (Å²) in [5.41, 5.74) is 0.866. The van der Waals surface area contributed by atoms with Gasteiger partial charge in [0.1, 0.15) is 16.8 Å². The zero-order chi connectivity index (χ0) is 22.9. The maximum absolute atomic E-state index is 12.8.